The monoisotopic (exact) mass is 540 g/mol. The van der Waals surface area contributed by atoms with E-state index in [2.05, 4.69) is 40.0 Å². The first kappa shape index (κ1) is 23.1. The minimum atomic E-state index is -0.362. The van der Waals surface area contributed by atoms with E-state index in [9.17, 15) is 10.1 Å². The number of carbonyl (C=O) groups excluding carboxylic acids is 1. The summed E-state index contributed by atoms with van der Waals surface area (Å²) < 4.78 is 16.8. The number of aromatic nitrogens is 1. The predicted molar refractivity (Wildman–Crippen MR) is 129 cm³/mol. The summed E-state index contributed by atoms with van der Waals surface area (Å²) >= 11 is 2.08. The predicted octanol–water partition coefficient (Wildman–Crippen LogP) is 5.37. The van der Waals surface area contributed by atoms with Crippen molar-refractivity contribution >= 4 is 47.0 Å². The third-order valence-corrected chi connectivity index (χ3v) is 7.34. The number of hydrogen-bond acceptors (Lipinski definition) is 5. The third-order valence-electron chi connectivity index (χ3n) is 5.63. The van der Waals surface area contributed by atoms with Crippen LogP contribution in [0.2, 0.25) is 0 Å². The van der Waals surface area contributed by atoms with Crippen molar-refractivity contribution in [3.8, 4) is 6.07 Å². The van der Waals surface area contributed by atoms with E-state index in [1.807, 2.05) is 12.1 Å². The Labute approximate surface area is 193 Å². The second-order valence-corrected chi connectivity index (χ2v) is 9.86. The number of benzene rings is 1. The summed E-state index contributed by atoms with van der Waals surface area (Å²) in [5.41, 5.74) is 1.81. The van der Waals surface area contributed by atoms with E-state index in [0.717, 1.165) is 36.9 Å². The van der Waals surface area contributed by atoms with Crippen LogP contribution in [-0.4, -0.2) is 52.8 Å². The van der Waals surface area contributed by atoms with Gasteiger partial charge in [-0.1, -0.05) is 0 Å². The second-order valence-electron chi connectivity index (χ2n) is 8.18. The number of halogens is 2. The van der Waals surface area contributed by atoms with Gasteiger partial charge in [-0.2, -0.15) is 5.26 Å². The number of piperidine rings is 1. The Bertz CT molecular complexity index is 1020. The lowest BCUT2D eigenvalue weighted by Crippen LogP contribution is -2.38. The molecule has 0 spiro atoms. The zero-order valence-electron chi connectivity index (χ0n) is 17.7. The highest BCUT2D eigenvalue weighted by atomic mass is 127. The molecule has 2 heterocycles. The molecule has 5 nitrogen and oxygen atoms in total. The molecular formula is C22H26FIN4OS. The van der Waals surface area contributed by atoms with E-state index in [1.54, 1.807) is 29.0 Å². The number of ketones is 1. The minimum Gasteiger partial charge on any atom is -0.382 e. The summed E-state index contributed by atoms with van der Waals surface area (Å²) in [7, 11) is 4.83. The van der Waals surface area contributed by atoms with Gasteiger partial charge in [0.15, 0.2) is 0 Å². The van der Waals surface area contributed by atoms with Crippen molar-refractivity contribution in [2.75, 3.05) is 27.2 Å². The molecule has 0 bridgehead atoms. The van der Waals surface area contributed by atoms with Gasteiger partial charge in [-0.3, -0.25) is 8.77 Å². The fraction of sp³-hybridized carbons (Fsp3) is 0.455. The molecule has 0 saturated carbocycles. The second kappa shape index (κ2) is 9.71. The van der Waals surface area contributed by atoms with E-state index in [0.29, 0.717) is 17.3 Å². The molecule has 0 atom stereocenters. The van der Waals surface area contributed by atoms with Crippen molar-refractivity contribution in [1.29, 1.82) is 5.26 Å². The molecule has 0 amide bonds. The van der Waals surface area contributed by atoms with Crippen LogP contribution in [0.3, 0.4) is 0 Å². The Kier molecular flexibility index (Phi) is 7.47. The number of carbonyl (C=O) groups is 1. The van der Waals surface area contributed by atoms with Gasteiger partial charge in [-0.25, -0.2) is 4.39 Å². The molecule has 160 valence electrons. The molecule has 1 saturated heterocycles. The van der Waals surface area contributed by atoms with Gasteiger partial charge in [-0.05, 0) is 69.5 Å². The lowest BCUT2D eigenvalue weighted by molar-refractivity contribution is 0.103. The number of hydrogen-bond donors (Lipinski definition) is 0. The molecule has 1 aromatic carbocycles. The van der Waals surface area contributed by atoms with Crippen LogP contribution in [0.5, 0.6) is 0 Å². The largest absolute Gasteiger partial charge is 0.382 e. The van der Waals surface area contributed by atoms with Gasteiger partial charge < -0.3 is 9.80 Å². The molecule has 0 unspecified atom stereocenters. The molecule has 0 aliphatic carbocycles. The Morgan fingerprint density at radius 2 is 2.00 bits per heavy atom. The summed E-state index contributed by atoms with van der Waals surface area (Å²) in [5, 5.41) is 10.2. The first-order valence-electron chi connectivity index (χ1n) is 9.97. The number of fused-ring (bicyclic) bond motifs is 1. The van der Waals surface area contributed by atoms with E-state index in [-0.39, 0.29) is 23.1 Å². The Morgan fingerprint density at radius 1 is 1.33 bits per heavy atom. The third kappa shape index (κ3) is 4.68. The van der Waals surface area contributed by atoms with Crippen molar-refractivity contribution in [2.24, 2.45) is 0 Å². The number of rotatable bonds is 6. The highest BCUT2D eigenvalue weighted by Crippen LogP contribution is 2.36. The first-order chi connectivity index (χ1) is 14.3. The molecule has 8 heteroatoms. The number of allylic oxidation sites excluding steroid dienone is 1. The van der Waals surface area contributed by atoms with Gasteiger partial charge in [0.05, 0.1) is 5.52 Å². The van der Waals surface area contributed by atoms with Gasteiger partial charge in [0.1, 0.15) is 23.2 Å². The maximum atomic E-state index is 15.1. The van der Waals surface area contributed by atoms with Crippen LogP contribution >= 0.6 is 30.3 Å². The molecule has 1 aliphatic rings. The highest BCUT2D eigenvalue weighted by Gasteiger charge is 2.26. The molecular weight excluding hydrogens is 514 g/mol. The van der Waals surface area contributed by atoms with Crippen LogP contribution in [0, 0.1) is 17.1 Å². The summed E-state index contributed by atoms with van der Waals surface area (Å²) in [5.74, 6) is -0.403. The lowest BCUT2D eigenvalue weighted by atomic mass is 9.88. The summed E-state index contributed by atoms with van der Waals surface area (Å²) in [4.78, 5) is 17.1. The molecule has 0 radical (unpaired) electrons. The van der Waals surface area contributed by atoms with Gasteiger partial charge >= 0.3 is 0 Å². The Balaban J connectivity index is 2.00. The van der Waals surface area contributed by atoms with Crippen LogP contribution < -0.4 is 0 Å². The van der Waals surface area contributed by atoms with Crippen molar-refractivity contribution in [1.82, 2.24) is 13.8 Å². The van der Waals surface area contributed by atoms with Crippen LogP contribution in [0.4, 0.5) is 4.39 Å². The number of nitrogens with zero attached hydrogens (tertiary/aromatic N) is 4. The first-order valence-corrected chi connectivity index (χ1v) is 13.3. The Hall–Kier alpha value is -1.57. The van der Waals surface area contributed by atoms with E-state index >= 15 is 4.39 Å². The van der Waals surface area contributed by atoms with Crippen LogP contribution in [0.15, 0.2) is 30.0 Å². The van der Waals surface area contributed by atoms with Crippen LogP contribution in [0.25, 0.3) is 10.9 Å². The number of Topliss-reactive ketones (excluding diaryl/α,β-unsaturated/α-hetero) is 1. The van der Waals surface area contributed by atoms with Gasteiger partial charge in [0.2, 0.25) is 5.78 Å². The molecule has 3 rings (SSSR count). The normalized spacial score (nSPS) is 16.3. The Morgan fingerprint density at radius 3 is 2.53 bits per heavy atom. The van der Waals surface area contributed by atoms with Crippen molar-refractivity contribution in [3.05, 3.63) is 47.0 Å². The van der Waals surface area contributed by atoms with Crippen molar-refractivity contribution in [2.45, 2.75) is 38.6 Å². The standard InChI is InChI=1S/C22H26FIN4OS/c1-14(2)27-7-5-15(6-8-27)18-9-16-10-21(22(29)17(12-25)13-26(3)4)28(30-24)20(16)11-19(18)23/h9-11,13-15H,5-8H2,1-4H3/b17-13+. The molecule has 30 heavy (non-hydrogen) atoms. The van der Waals surface area contributed by atoms with Crippen molar-refractivity contribution in [3.63, 3.8) is 0 Å². The highest BCUT2D eigenvalue weighted by molar-refractivity contribution is 14.2. The molecule has 1 aromatic heterocycles. The number of nitriles is 1. The summed E-state index contributed by atoms with van der Waals surface area (Å²) in [6.45, 7) is 6.32. The SMILES string of the molecule is CC(C)N1CCC(c2cc3cc(C(=O)/C(C#N)=C/N(C)C)n(SI)c3cc2F)CC1. The average molecular weight is 540 g/mol. The maximum absolute atomic E-state index is 15.1. The van der Waals surface area contributed by atoms with E-state index in [1.165, 1.54) is 21.4 Å². The van der Waals surface area contributed by atoms with Gasteiger partial charge in [0, 0.05) is 62.0 Å². The zero-order chi connectivity index (χ0) is 22.0. The summed E-state index contributed by atoms with van der Waals surface area (Å²) in [6.07, 6.45) is 3.37. The fourth-order valence-electron chi connectivity index (χ4n) is 4.03. The van der Waals surface area contributed by atoms with Crippen molar-refractivity contribution < 1.29 is 9.18 Å². The average Bonchev–Trinajstić information content (AvgIpc) is 3.08. The topological polar surface area (TPSA) is 52.3 Å². The van der Waals surface area contributed by atoms with Crippen LogP contribution in [0.1, 0.15) is 48.7 Å². The maximum Gasteiger partial charge on any atom is 0.222 e. The quantitative estimate of drug-likeness (QED) is 0.214. The molecule has 2 aromatic rings. The fourth-order valence-corrected chi connectivity index (χ4v) is 5.75. The van der Waals surface area contributed by atoms with Gasteiger partial charge in [-0.15, -0.1) is 0 Å². The van der Waals surface area contributed by atoms with Crippen LogP contribution in [-0.2, 0) is 0 Å². The molecule has 0 N–H and O–H groups in total. The molecule has 1 aliphatic heterocycles. The molecule has 1 fully saturated rings. The smallest absolute Gasteiger partial charge is 0.222 e. The van der Waals surface area contributed by atoms with Gasteiger partial charge in [0.25, 0.3) is 0 Å². The number of likely N-dealkylation sites (tertiary alicyclic amines) is 1. The summed E-state index contributed by atoms with van der Waals surface area (Å²) in [6, 6.07) is 7.68. The minimum absolute atomic E-state index is 0.0521. The zero-order valence-corrected chi connectivity index (χ0v) is 20.6. The van der Waals surface area contributed by atoms with E-state index in [4.69, 9.17) is 0 Å². The lowest BCUT2D eigenvalue weighted by Gasteiger charge is -2.34. The van der Waals surface area contributed by atoms with E-state index < -0.39 is 0 Å².